The summed E-state index contributed by atoms with van der Waals surface area (Å²) in [4.78, 5) is 3.89. The van der Waals surface area contributed by atoms with Gasteiger partial charge in [0.15, 0.2) is 0 Å². The summed E-state index contributed by atoms with van der Waals surface area (Å²) in [5.41, 5.74) is -4.13. The first-order chi connectivity index (χ1) is 7.47. The van der Waals surface area contributed by atoms with Gasteiger partial charge in [-0.2, -0.15) is 13.2 Å². The Morgan fingerprint density at radius 3 is 2.81 bits per heavy atom. The minimum atomic E-state index is -4.13. The zero-order valence-electron chi connectivity index (χ0n) is 8.87. The minimum absolute atomic E-state index is 0.00187. The molecule has 1 unspecified atom stereocenters. The van der Waals surface area contributed by atoms with E-state index in [9.17, 15) is 13.2 Å². The zero-order valence-corrected chi connectivity index (χ0v) is 9.68. The van der Waals surface area contributed by atoms with Gasteiger partial charge in [0.2, 0.25) is 0 Å². The summed E-state index contributed by atoms with van der Waals surface area (Å²) in [6.45, 7) is 2.98. The Labute approximate surface area is 96.4 Å². The molecule has 1 atom stereocenters. The molecule has 1 aromatic heterocycles. The topological polar surface area (TPSA) is 29.9 Å². The second-order valence-corrected chi connectivity index (χ2v) is 4.57. The molecule has 1 rings (SSSR count). The van der Waals surface area contributed by atoms with E-state index in [0.29, 0.717) is 13.1 Å². The summed E-state index contributed by atoms with van der Waals surface area (Å²) >= 11 is 0.00187. The van der Waals surface area contributed by atoms with E-state index in [-0.39, 0.29) is 23.6 Å². The minimum Gasteiger partial charge on any atom is -0.336 e. The van der Waals surface area contributed by atoms with Crippen LogP contribution in [-0.2, 0) is 6.54 Å². The maximum Gasteiger partial charge on any atom is 0.441 e. The number of hydrogen-bond donors (Lipinski definition) is 1. The maximum atomic E-state index is 11.8. The molecule has 0 aliphatic carbocycles. The van der Waals surface area contributed by atoms with Crippen LogP contribution >= 0.6 is 11.8 Å². The number of aromatic nitrogens is 2. The smallest absolute Gasteiger partial charge is 0.336 e. The summed E-state index contributed by atoms with van der Waals surface area (Å²) in [5.74, 6) is 0.0395. The van der Waals surface area contributed by atoms with Gasteiger partial charge in [-0.1, -0.05) is 0 Å². The summed E-state index contributed by atoms with van der Waals surface area (Å²) in [6, 6.07) is 0.128. The molecule has 0 bridgehead atoms. The molecule has 7 heteroatoms. The number of hydrogen-bond acceptors (Lipinski definition) is 3. The molecule has 0 fully saturated rings. The lowest BCUT2D eigenvalue weighted by atomic mass is 10.3. The molecule has 1 aromatic rings. The van der Waals surface area contributed by atoms with E-state index in [1.807, 2.05) is 17.7 Å². The molecule has 3 nitrogen and oxygen atoms in total. The fourth-order valence-electron chi connectivity index (χ4n) is 1.25. The third-order valence-electron chi connectivity index (χ3n) is 1.90. The Kier molecular flexibility index (Phi) is 5.14. The second kappa shape index (κ2) is 6.15. The first-order valence-electron chi connectivity index (χ1n) is 4.87. The first-order valence-corrected chi connectivity index (χ1v) is 5.86. The van der Waals surface area contributed by atoms with Crippen LogP contribution in [0.2, 0.25) is 0 Å². The summed E-state index contributed by atoms with van der Waals surface area (Å²) < 4.78 is 37.3. The average molecular weight is 253 g/mol. The predicted octanol–water partition coefficient (Wildman–Crippen LogP) is 2.11. The lowest BCUT2D eigenvalue weighted by Crippen LogP contribution is -2.32. The molecule has 92 valence electrons. The van der Waals surface area contributed by atoms with E-state index in [4.69, 9.17) is 0 Å². The van der Waals surface area contributed by atoms with Crippen molar-refractivity contribution in [3.63, 3.8) is 0 Å². The molecule has 0 aliphatic rings. The monoisotopic (exact) mass is 253 g/mol. The van der Waals surface area contributed by atoms with Gasteiger partial charge < -0.3 is 9.88 Å². The van der Waals surface area contributed by atoms with Crippen LogP contribution in [0.15, 0.2) is 18.7 Å². The molecule has 0 radical (unpaired) electrons. The van der Waals surface area contributed by atoms with E-state index >= 15 is 0 Å². The van der Waals surface area contributed by atoms with E-state index in [0.717, 1.165) is 0 Å². The fourth-order valence-corrected chi connectivity index (χ4v) is 1.70. The summed E-state index contributed by atoms with van der Waals surface area (Å²) in [5, 5.41) is 3.02. The van der Waals surface area contributed by atoms with Gasteiger partial charge in [-0.25, -0.2) is 4.98 Å². The van der Waals surface area contributed by atoms with Crippen LogP contribution in [0.25, 0.3) is 0 Å². The van der Waals surface area contributed by atoms with Crippen molar-refractivity contribution in [2.75, 3.05) is 12.3 Å². The van der Waals surface area contributed by atoms with Crippen LogP contribution in [0.5, 0.6) is 0 Å². The Morgan fingerprint density at radius 1 is 1.50 bits per heavy atom. The molecule has 1 N–H and O–H groups in total. The number of alkyl halides is 3. The highest BCUT2D eigenvalue weighted by molar-refractivity contribution is 8.00. The van der Waals surface area contributed by atoms with Gasteiger partial charge in [0, 0.05) is 37.3 Å². The lowest BCUT2D eigenvalue weighted by Gasteiger charge is -2.14. The van der Waals surface area contributed by atoms with Crippen LogP contribution in [0, 0.1) is 0 Å². The standard InChI is InChI=1S/C9H14F3N3S/c1-8(6-15-4-2-13-7-15)14-3-5-16-9(10,11)12/h2,4,7-8,14H,3,5-6H2,1H3. The third-order valence-corrected chi connectivity index (χ3v) is 2.64. The Hall–Kier alpha value is -0.690. The summed E-state index contributed by atoms with van der Waals surface area (Å²) in [7, 11) is 0. The van der Waals surface area contributed by atoms with Gasteiger partial charge in [-0.3, -0.25) is 0 Å². The van der Waals surface area contributed by atoms with Crippen LogP contribution in [0.1, 0.15) is 6.92 Å². The normalized spacial score (nSPS) is 14.0. The quantitative estimate of drug-likeness (QED) is 0.787. The lowest BCUT2D eigenvalue weighted by molar-refractivity contribution is -0.0327. The first kappa shape index (κ1) is 13.4. The SMILES string of the molecule is CC(Cn1ccnc1)NCCSC(F)(F)F. The van der Waals surface area contributed by atoms with Crippen molar-refractivity contribution in [2.24, 2.45) is 0 Å². The maximum absolute atomic E-state index is 11.8. The van der Waals surface area contributed by atoms with Gasteiger partial charge in [-0.05, 0) is 18.7 Å². The van der Waals surface area contributed by atoms with Gasteiger partial charge in [-0.15, -0.1) is 0 Å². The van der Waals surface area contributed by atoms with E-state index in [2.05, 4.69) is 10.3 Å². The molecule has 16 heavy (non-hydrogen) atoms. The van der Waals surface area contributed by atoms with Crippen molar-refractivity contribution in [3.8, 4) is 0 Å². The fraction of sp³-hybridized carbons (Fsp3) is 0.667. The highest BCUT2D eigenvalue weighted by Crippen LogP contribution is 2.29. The van der Waals surface area contributed by atoms with Gasteiger partial charge >= 0.3 is 5.51 Å². The molecule has 0 spiro atoms. The number of thioether (sulfide) groups is 1. The van der Waals surface area contributed by atoms with Gasteiger partial charge in [0.1, 0.15) is 0 Å². The molecule has 0 amide bonds. The Balaban J connectivity index is 2.09. The molecule has 0 aliphatic heterocycles. The van der Waals surface area contributed by atoms with Crippen LogP contribution in [-0.4, -0.2) is 33.4 Å². The van der Waals surface area contributed by atoms with E-state index < -0.39 is 5.51 Å². The largest absolute Gasteiger partial charge is 0.441 e. The van der Waals surface area contributed by atoms with Crippen molar-refractivity contribution in [1.29, 1.82) is 0 Å². The highest BCUT2D eigenvalue weighted by Gasteiger charge is 2.27. The number of rotatable bonds is 6. The van der Waals surface area contributed by atoms with Crippen LogP contribution < -0.4 is 5.32 Å². The van der Waals surface area contributed by atoms with Crippen molar-refractivity contribution in [3.05, 3.63) is 18.7 Å². The van der Waals surface area contributed by atoms with Crippen molar-refractivity contribution in [2.45, 2.75) is 25.0 Å². The molecular formula is C9H14F3N3S. The van der Waals surface area contributed by atoms with E-state index in [1.165, 1.54) is 0 Å². The Bertz CT molecular complexity index is 287. The van der Waals surface area contributed by atoms with Crippen molar-refractivity contribution >= 4 is 11.8 Å². The molecule has 1 heterocycles. The third kappa shape index (κ3) is 6.02. The summed E-state index contributed by atoms with van der Waals surface area (Å²) in [6.07, 6.45) is 5.18. The number of imidazole rings is 1. The average Bonchev–Trinajstić information content (AvgIpc) is 2.63. The van der Waals surface area contributed by atoms with Crippen molar-refractivity contribution < 1.29 is 13.2 Å². The molecule has 0 saturated heterocycles. The van der Waals surface area contributed by atoms with Crippen LogP contribution in [0.4, 0.5) is 13.2 Å². The number of nitrogens with one attached hydrogen (secondary N) is 1. The highest BCUT2D eigenvalue weighted by atomic mass is 32.2. The van der Waals surface area contributed by atoms with Crippen LogP contribution in [0.3, 0.4) is 0 Å². The van der Waals surface area contributed by atoms with Gasteiger partial charge in [0.25, 0.3) is 0 Å². The van der Waals surface area contributed by atoms with Crippen molar-refractivity contribution in [1.82, 2.24) is 14.9 Å². The molecule has 0 saturated carbocycles. The second-order valence-electron chi connectivity index (χ2n) is 3.41. The number of nitrogens with zero attached hydrogens (tertiary/aromatic N) is 2. The molecular weight excluding hydrogens is 239 g/mol. The zero-order chi connectivity index (χ0) is 12.0. The Morgan fingerprint density at radius 2 is 2.25 bits per heavy atom. The van der Waals surface area contributed by atoms with E-state index in [1.54, 1.807) is 12.5 Å². The van der Waals surface area contributed by atoms with Gasteiger partial charge in [0.05, 0.1) is 6.33 Å². The predicted molar refractivity (Wildman–Crippen MR) is 58.2 cm³/mol. The number of halogens is 3. The molecule has 0 aromatic carbocycles.